The minimum atomic E-state index is -0.739. The van der Waals surface area contributed by atoms with E-state index in [2.05, 4.69) is 13.8 Å². The largest absolute Gasteiger partial charge is 0.459 e. The van der Waals surface area contributed by atoms with Crippen LogP contribution in [-0.2, 0) is 9.53 Å². The van der Waals surface area contributed by atoms with E-state index in [1.165, 1.54) is 0 Å². The van der Waals surface area contributed by atoms with Crippen LogP contribution in [0.5, 0.6) is 0 Å². The van der Waals surface area contributed by atoms with Gasteiger partial charge in [0, 0.05) is 6.42 Å². The first kappa shape index (κ1) is 11.9. The Bertz CT molecular complexity index is 274. The fourth-order valence-corrected chi connectivity index (χ4v) is 2.89. The molecule has 3 atom stereocenters. The first-order chi connectivity index (χ1) is 7.51. The molecule has 0 aromatic heterocycles. The summed E-state index contributed by atoms with van der Waals surface area (Å²) >= 11 is 0. The van der Waals surface area contributed by atoms with Crippen molar-refractivity contribution in [3.63, 3.8) is 0 Å². The fourth-order valence-electron chi connectivity index (χ4n) is 2.89. The summed E-state index contributed by atoms with van der Waals surface area (Å²) in [6.45, 7) is 4.38. The second-order valence-corrected chi connectivity index (χ2v) is 5.79. The number of rotatable bonds is 4. The summed E-state index contributed by atoms with van der Waals surface area (Å²) in [6.07, 6.45) is 4.96. The standard InChI is InChI=1S/C13H22O3/c1-9(2)4-3-6-13(15)7-5-10-8-11(13)16-12(10)14/h9-11,15H,3-8H2,1-2H3. The van der Waals surface area contributed by atoms with E-state index >= 15 is 0 Å². The summed E-state index contributed by atoms with van der Waals surface area (Å²) in [5.41, 5.74) is -0.739. The molecule has 2 bridgehead atoms. The van der Waals surface area contributed by atoms with E-state index in [1.807, 2.05) is 0 Å². The molecule has 1 aliphatic heterocycles. The molecule has 0 aromatic rings. The lowest BCUT2D eigenvalue weighted by molar-refractivity contribution is -0.152. The SMILES string of the molecule is CC(C)CCCC1(O)CCC2CC1OC2=O. The third-order valence-electron chi connectivity index (χ3n) is 4.01. The smallest absolute Gasteiger partial charge is 0.309 e. The number of hydrogen-bond acceptors (Lipinski definition) is 3. The Morgan fingerprint density at radius 1 is 1.56 bits per heavy atom. The van der Waals surface area contributed by atoms with Crippen LogP contribution in [0.1, 0.15) is 52.4 Å². The zero-order valence-corrected chi connectivity index (χ0v) is 10.2. The average molecular weight is 226 g/mol. The van der Waals surface area contributed by atoms with E-state index < -0.39 is 5.60 Å². The van der Waals surface area contributed by atoms with Gasteiger partial charge in [0.2, 0.25) is 0 Å². The topological polar surface area (TPSA) is 46.5 Å². The van der Waals surface area contributed by atoms with Crippen LogP contribution < -0.4 is 0 Å². The highest BCUT2D eigenvalue weighted by Crippen LogP contribution is 2.42. The van der Waals surface area contributed by atoms with Crippen molar-refractivity contribution in [1.82, 2.24) is 0 Å². The molecular weight excluding hydrogens is 204 g/mol. The second-order valence-electron chi connectivity index (χ2n) is 5.79. The highest BCUT2D eigenvalue weighted by molar-refractivity contribution is 5.75. The molecule has 3 nitrogen and oxygen atoms in total. The van der Waals surface area contributed by atoms with Gasteiger partial charge in [-0.05, 0) is 25.2 Å². The molecule has 16 heavy (non-hydrogen) atoms. The van der Waals surface area contributed by atoms with Gasteiger partial charge in [-0.25, -0.2) is 0 Å². The van der Waals surface area contributed by atoms with Crippen LogP contribution in [0.2, 0.25) is 0 Å². The summed E-state index contributed by atoms with van der Waals surface area (Å²) in [5.74, 6) is 0.645. The van der Waals surface area contributed by atoms with Crippen LogP contribution in [0.15, 0.2) is 0 Å². The van der Waals surface area contributed by atoms with Gasteiger partial charge in [-0.2, -0.15) is 0 Å². The van der Waals surface area contributed by atoms with E-state index in [4.69, 9.17) is 4.74 Å². The number of hydrogen-bond donors (Lipinski definition) is 1. The van der Waals surface area contributed by atoms with Gasteiger partial charge in [0.15, 0.2) is 0 Å². The third kappa shape index (κ3) is 2.24. The van der Waals surface area contributed by atoms with Crippen molar-refractivity contribution in [1.29, 1.82) is 0 Å². The Morgan fingerprint density at radius 3 is 3.00 bits per heavy atom. The maximum atomic E-state index is 11.4. The van der Waals surface area contributed by atoms with E-state index in [1.54, 1.807) is 0 Å². The number of aliphatic hydroxyl groups is 1. The maximum absolute atomic E-state index is 11.4. The van der Waals surface area contributed by atoms with E-state index in [0.29, 0.717) is 5.92 Å². The Morgan fingerprint density at radius 2 is 2.31 bits per heavy atom. The van der Waals surface area contributed by atoms with Crippen molar-refractivity contribution in [3.05, 3.63) is 0 Å². The normalized spacial score (nSPS) is 37.9. The highest BCUT2D eigenvalue weighted by Gasteiger charge is 2.51. The first-order valence-electron chi connectivity index (χ1n) is 6.44. The van der Waals surface area contributed by atoms with Crippen LogP contribution in [0.25, 0.3) is 0 Å². The van der Waals surface area contributed by atoms with Gasteiger partial charge in [0.25, 0.3) is 0 Å². The zero-order chi connectivity index (χ0) is 11.8. The summed E-state index contributed by atoms with van der Waals surface area (Å²) in [6, 6.07) is 0. The van der Waals surface area contributed by atoms with Crippen LogP contribution in [0.4, 0.5) is 0 Å². The lowest BCUT2D eigenvalue weighted by atomic mass is 9.76. The molecule has 1 N–H and O–H groups in total. The molecule has 2 fully saturated rings. The average Bonchev–Trinajstić information content (AvgIpc) is 2.52. The number of ether oxygens (including phenoxy) is 1. The predicted molar refractivity (Wildman–Crippen MR) is 60.9 cm³/mol. The third-order valence-corrected chi connectivity index (χ3v) is 4.01. The van der Waals surface area contributed by atoms with Gasteiger partial charge < -0.3 is 9.84 Å². The van der Waals surface area contributed by atoms with Crippen molar-refractivity contribution < 1.29 is 14.6 Å². The van der Waals surface area contributed by atoms with Gasteiger partial charge in [0.05, 0.1) is 5.92 Å². The van der Waals surface area contributed by atoms with Gasteiger partial charge in [-0.15, -0.1) is 0 Å². The van der Waals surface area contributed by atoms with Crippen LogP contribution in [-0.4, -0.2) is 22.8 Å². The number of carbonyl (C=O) groups is 1. The number of carbonyl (C=O) groups excluding carboxylic acids is 1. The van der Waals surface area contributed by atoms with Crippen molar-refractivity contribution in [2.45, 2.75) is 64.1 Å². The lowest BCUT2D eigenvalue weighted by Gasteiger charge is -2.35. The molecule has 1 aliphatic carbocycles. The molecule has 0 radical (unpaired) electrons. The lowest BCUT2D eigenvalue weighted by Crippen LogP contribution is -2.44. The van der Waals surface area contributed by atoms with Crippen molar-refractivity contribution >= 4 is 5.97 Å². The summed E-state index contributed by atoms with van der Waals surface area (Å²) in [7, 11) is 0. The van der Waals surface area contributed by atoms with E-state index in [9.17, 15) is 9.90 Å². The molecule has 1 heterocycles. The first-order valence-corrected chi connectivity index (χ1v) is 6.44. The molecule has 2 rings (SSSR count). The van der Waals surface area contributed by atoms with E-state index in [0.717, 1.165) is 38.5 Å². The van der Waals surface area contributed by atoms with E-state index in [-0.39, 0.29) is 18.0 Å². The summed E-state index contributed by atoms with van der Waals surface area (Å²) in [5, 5.41) is 10.5. The number of esters is 1. The molecule has 1 saturated heterocycles. The molecule has 3 unspecified atom stereocenters. The second kappa shape index (κ2) is 4.36. The minimum Gasteiger partial charge on any atom is -0.459 e. The Labute approximate surface area is 97.2 Å². The van der Waals surface area contributed by atoms with Gasteiger partial charge in [-0.3, -0.25) is 4.79 Å². The molecule has 0 amide bonds. The van der Waals surface area contributed by atoms with Crippen molar-refractivity contribution in [3.8, 4) is 0 Å². The predicted octanol–water partition coefficient (Wildman–Crippen LogP) is 2.27. The zero-order valence-electron chi connectivity index (χ0n) is 10.2. The Kier molecular flexibility index (Phi) is 3.24. The van der Waals surface area contributed by atoms with Gasteiger partial charge in [-0.1, -0.05) is 26.7 Å². The van der Waals surface area contributed by atoms with Crippen LogP contribution >= 0.6 is 0 Å². The molecule has 92 valence electrons. The Hall–Kier alpha value is -0.570. The van der Waals surface area contributed by atoms with Crippen LogP contribution in [0, 0.1) is 11.8 Å². The molecule has 1 saturated carbocycles. The Balaban J connectivity index is 1.90. The monoisotopic (exact) mass is 226 g/mol. The number of fused-ring (bicyclic) bond motifs is 2. The van der Waals surface area contributed by atoms with Gasteiger partial charge >= 0.3 is 5.97 Å². The molecule has 0 spiro atoms. The maximum Gasteiger partial charge on any atom is 0.309 e. The van der Waals surface area contributed by atoms with Crippen molar-refractivity contribution in [2.75, 3.05) is 0 Å². The molecule has 0 aromatic carbocycles. The van der Waals surface area contributed by atoms with Crippen molar-refractivity contribution in [2.24, 2.45) is 11.8 Å². The van der Waals surface area contributed by atoms with Gasteiger partial charge in [0.1, 0.15) is 11.7 Å². The van der Waals surface area contributed by atoms with Crippen LogP contribution in [0.3, 0.4) is 0 Å². The molecule has 3 heteroatoms. The molecular formula is C13H22O3. The highest BCUT2D eigenvalue weighted by atomic mass is 16.6. The molecule has 2 aliphatic rings. The summed E-state index contributed by atoms with van der Waals surface area (Å²) < 4.78 is 5.27. The quantitative estimate of drug-likeness (QED) is 0.748. The minimum absolute atomic E-state index is 0.0652. The summed E-state index contributed by atoms with van der Waals surface area (Å²) in [4.78, 5) is 11.4. The fraction of sp³-hybridized carbons (Fsp3) is 0.923.